The molecule has 2 rings (SSSR count). The van der Waals surface area contributed by atoms with Gasteiger partial charge >= 0.3 is 0 Å². The van der Waals surface area contributed by atoms with Crippen molar-refractivity contribution in [2.24, 2.45) is 0 Å². The molecule has 0 saturated carbocycles. The van der Waals surface area contributed by atoms with Gasteiger partial charge in [0.2, 0.25) is 0 Å². The quantitative estimate of drug-likeness (QED) is 0.764. The maximum absolute atomic E-state index is 13.1. The van der Waals surface area contributed by atoms with Gasteiger partial charge in [-0.05, 0) is 39.0 Å². The standard InChI is InChI=1S/C20H26N2O5S/c1-13(2)21-20(23)16-11-18(26-5)19(27-6)12-17(16)22(4)28(24,25)15-9-7-14(3)8-10-15/h7-13H,1-6H3,(H,21,23). The van der Waals surface area contributed by atoms with Crippen LogP contribution in [0.2, 0.25) is 0 Å². The van der Waals surface area contributed by atoms with Crippen LogP contribution in [0.5, 0.6) is 11.5 Å². The smallest absolute Gasteiger partial charge is 0.264 e. The summed E-state index contributed by atoms with van der Waals surface area (Å²) < 4.78 is 37.9. The van der Waals surface area contributed by atoms with Gasteiger partial charge in [-0.2, -0.15) is 0 Å². The minimum atomic E-state index is -3.88. The van der Waals surface area contributed by atoms with Crippen LogP contribution in [0.25, 0.3) is 0 Å². The van der Waals surface area contributed by atoms with Crippen molar-refractivity contribution in [3.8, 4) is 11.5 Å². The fraction of sp³-hybridized carbons (Fsp3) is 0.350. The van der Waals surface area contributed by atoms with E-state index in [-0.39, 0.29) is 22.2 Å². The number of hydrogen-bond donors (Lipinski definition) is 1. The lowest BCUT2D eigenvalue weighted by Crippen LogP contribution is -2.33. The first-order chi connectivity index (χ1) is 13.1. The van der Waals surface area contributed by atoms with E-state index in [9.17, 15) is 13.2 Å². The Hall–Kier alpha value is -2.74. The van der Waals surface area contributed by atoms with Crippen molar-refractivity contribution >= 4 is 21.6 Å². The SMILES string of the molecule is COc1cc(C(=O)NC(C)C)c(N(C)S(=O)(=O)c2ccc(C)cc2)cc1OC. The summed E-state index contributed by atoms with van der Waals surface area (Å²) in [6.45, 7) is 5.53. The number of ether oxygens (including phenoxy) is 2. The number of nitrogens with zero attached hydrogens (tertiary/aromatic N) is 1. The monoisotopic (exact) mass is 406 g/mol. The summed E-state index contributed by atoms with van der Waals surface area (Å²) in [4.78, 5) is 12.9. The van der Waals surface area contributed by atoms with Gasteiger partial charge in [0, 0.05) is 19.2 Å². The summed E-state index contributed by atoms with van der Waals surface area (Å²) in [6.07, 6.45) is 0. The molecule has 152 valence electrons. The highest BCUT2D eigenvalue weighted by Gasteiger charge is 2.27. The zero-order valence-corrected chi connectivity index (χ0v) is 17.8. The minimum absolute atomic E-state index is 0.118. The average Bonchev–Trinajstić information content (AvgIpc) is 2.65. The topological polar surface area (TPSA) is 84.9 Å². The van der Waals surface area contributed by atoms with Crippen molar-refractivity contribution in [3.63, 3.8) is 0 Å². The number of rotatable bonds is 7. The predicted octanol–water partition coefficient (Wildman–Crippen LogP) is 2.98. The van der Waals surface area contributed by atoms with E-state index in [1.807, 2.05) is 20.8 Å². The molecule has 8 heteroatoms. The normalized spacial score (nSPS) is 11.2. The van der Waals surface area contributed by atoms with Crippen LogP contribution in [-0.2, 0) is 10.0 Å². The van der Waals surface area contributed by atoms with Crippen LogP contribution in [0.15, 0.2) is 41.3 Å². The Balaban J connectivity index is 2.63. The molecule has 1 amide bonds. The predicted molar refractivity (Wildman–Crippen MR) is 109 cm³/mol. The minimum Gasteiger partial charge on any atom is -0.493 e. The number of nitrogens with one attached hydrogen (secondary N) is 1. The summed E-state index contributed by atoms with van der Waals surface area (Å²) in [5, 5.41) is 2.78. The largest absolute Gasteiger partial charge is 0.493 e. The van der Waals surface area contributed by atoms with Crippen LogP contribution in [-0.4, -0.2) is 41.6 Å². The Kier molecular flexibility index (Phi) is 6.56. The Morgan fingerprint density at radius 3 is 2.07 bits per heavy atom. The van der Waals surface area contributed by atoms with Gasteiger partial charge in [-0.15, -0.1) is 0 Å². The third-order valence-corrected chi connectivity index (χ3v) is 5.97. The Morgan fingerprint density at radius 1 is 1.04 bits per heavy atom. The average molecular weight is 407 g/mol. The fourth-order valence-electron chi connectivity index (χ4n) is 2.65. The third-order valence-electron chi connectivity index (χ3n) is 4.18. The van der Waals surface area contributed by atoms with Crippen molar-refractivity contribution in [2.45, 2.75) is 31.7 Å². The molecule has 1 N–H and O–H groups in total. The fourth-order valence-corrected chi connectivity index (χ4v) is 3.85. The highest BCUT2D eigenvalue weighted by molar-refractivity contribution is 7.92. The molecule has 0 unspecified atom stereocenters. The first-order valence-electron chi connectivity index (χ1n) is 8.74. The summed E-state index contributed by atoms with van der Waals surface area (Å²) in [7, 11) is 0.426. The molecular formula is C20H26N2O5S. The van der Waals surface area contributed by atoms with Gasteiger partial charge in [0.1, 0.15) is 0 Å². The second kappa shape index (κ2) is 8.52. The van der Waals surface area contributed by atoms with Crippen LogP contribution in [0.1, 0.15) is 29.8 Å². The summed E-state index contributed by atoms with van der Waals surface area (Å²) in [6, 6.07) is 9.37. The van der Waals surface area contributed by atoms with E-state index < -0.39 is 15.9 Å². The highest BCUT2D eigenvalue weighted by Crippen LogP contribution is 2.36. The number of benzene rings is 2. The van der Waals surface area contributed by atoms with Gasteiger partial charge in [0.15, 0.2) is 11.5 Å². The lowest BCUT2D eigenvalue weighted by molar-refractivity contribution is 0.0943. The van der Waals surface area contributed by atoms with Crippen molar-refractivity contribution in [3.05, 3.63) is 47.5 Å². The summed E-state index contributed by atoms with van der Waals surface area (Å²) in [5.74, 6) is 0.253. The summed E-state index contributed by atoms with van der Waals surface area (Å²) >= 11 is 0. The van der Waals surface area contributed by atoms with Gasteiger partial charge in [-0.25, -0.2) is 8.42 Å². The van der Waals surface area contributed by atoms with Gasteiger partial charge in [0.05, 0.1) is 30.4 Å². The maximum atomic E-state index is 13.1. The molecule has 0 aliphatic carbocycles. The molecule has 2 aromatic rings. The van der Waals surface area contributed by atoms with Gasteiger partial charge in [-0.3, -0.25) is 9.10 Å². The molecule has 0 bridgehead atoms. The second-order valence-corrected chi connectivity index (χ2v) is 8.61. The number of amides is 1. The molecule has 0 fully saturated rings. The zero-order chi connectivity index (χ0) is 21.1. The molecule has 2 aromatic carbocycles. The van der Waals surface area contributed by atoms with E-state index in [0.717, 1.165) is 9.87 Å². The number of aryl methyl sites for hydroxylation is 1. The zero-order valence-electron chi connectivity index (χ0n) is 16.9. The van der Waals surface area contributed by atoms with E-state index in [1.165, 1.54) is 45.5 Å². The molecule has 0 aliphatic rings. The number of carbonyl (C=O) groups excluding carboxylic acids is 1. The first-order valence-corrected chi connectivity index (χ1v) is 10.2. The summed E-state index contributed by atoms with van der Waals surface area (Å²) in [5.41, 5.74) is 1.31. The van der Waals surface area contributed by atoms with Gasteiger partial charge in [-0.1, -0.05) is 17.7 Å². The van der Waals surface area contributed by atoms with Crippen LogP contribution in [0, 0.1) is 6.92 Å². The molecule has 0 heterocycles. The Bertz CT molecular complexity index is 953. The van der Waals surface area contributed by atoms with E-state index in [2.05, 4.69) is 5.32 Å². The molecule has 0 atom stereocenters. The molecule has 0 spiro atoms. The highest BCUT2D eigenvalue weighted by atomic mass is 32.2. The third kappa shape index (κ3) is 4.39. The van der Waals surface area contributed by atoms with Crippen molar-refractivity contribution < 1.29 is 22.7 Å². The van der Waals surface area contributed by atoms with E-state index in [4.69, 9.17) is 9.47 Å². The number of hydrogen-bond acceptors (Lipinski definition) is 5. The molecular weight excluding hydrogens is 380 g/mol. The molecule has 0 aliphatic heterocycles. The van der Waals surface area contributed by atoms with Crippen molar-refractivity contribution in [2.75, 3.05) is 25.6 Å². The Labute approximate surface area is 166 Å². The van der Waals surface area contributed by atoms with Crippen LogP contribution in [0.3, 0.4) is 0 Å². The van der Waals surface area contributed by atoms with E-state index in [1.54, 1.807) is 12.1 Å². The Morgan fingerprint density at radius 2 is 1.57 bits per heavy atom. The molecule has 0 saturated heterocycles. The van der Waals surface area contributed by atoms with Crippen LogP contribution < -0.4 is 19.1 Å². The number of sulfonamides is 1. The lowest BCUT2D eigenvalue weighted by atomic mass is 10.1. The maximum Gasteiger partial charge on any atom is 0.264 e. The molecule has 7 nitrogen and oxygen atoms in total. The molecule has 0 aromatic heterocycles. The number of anilines is 1. The van der Waals surface area contributed by atoms with Gasteiger partial charge in [0.25, 0.3) is 15.9 Å². The van der Waals surface area contributed by atoms with Gasteiger partial charge < -0.3 is 14.8 Å². The lowest BCUT2D eigenvalue weighted by Gasteiger charge is -2.24. The molecule has 0 radical (unpaired) electrons. The first kappa shape index (κ1) is 21.6. The van der Waals surface area contributed by atoms with Crippen molar-refractivity contribution in [1.82, 2.24) is 5.32 Å². The second-order valence-electron chi connectivity index (χ2n) is 6.64. The number of carbonyl (C=O) groups is 1. The molecule has 28 heavy (non-hydrogen) atoms. The van der Waals surface area contributed by atoms with Crippen LogP contribution in [0.4, 0.5) is 5.69 Å². The number of methoxy groups -OCH3 is 2. The van der Waals surface area contributed by atoms with E-state index >= 15 is 0 Å². The van der Waals surface area contributed by atoms with Crippen molar-refractivity contribution in [1.29, 1.82) is 0 Å². The van der Waals surface area contributed by atoms with Crippen LogP contribution >= 0.6 is 0 Å². The van der Waals surface area contributed by atoms with E-state index in [0.29, 0.717) is 11.5 Å².